The molecule has 0 saturated carbocycles. The van der Waals surface area contributed by atoms with E-state index in [4.69, 9.17) is 4.43 Å². The summed E-state index contributed by atoms with van der Waals surface area (Å²) in [5, 5.41) is 10.4. The van der Waals surface area contributed by atoms with E-state index in [9.17, 15) is 5.26 Å². The molecule has 0 amide bonds. The first kappa shape index (κ1) is 13.4. The molecule has 1 atom stereocenters. The molecule has 0 radical (unpaired) electrons. The Morgan fingerprint density at radius 1 is 1.31 bits per heavy atom. The van der Waals surface area contributed by atoms with Crippen molar-refractivity contribution < 1.29 is 14.0 Å². The van der Waals surface area contributed by atoms with Crippen molar-refractivity contribution in [3.8, 4) is 0 Å². The summed E-state index contributed by atoms with van der Waals surface area (Å²) >= 11 is -0.638. The highest BCUT2D eigenvalue weighted by atomic mass is 32.2. The average molecular weight is 224 g/mol. The van der Waals surface area contributed by atoms with E-state index in [1.807, 2.05) is 20.8 Å². The fourth-order valence-corrected chi connectivity index (χ4v) is 4.81. The molecular weight excluding hydrogens is 204 g/mol. The van der Waals surface area contributed by atoms with Gasteiger partial charge in [-0.1, -0.05) is 0 Å². The maximum absolute atomic E-state index is 10.4. The van der Waals surface area contributed by atoms with Gasteiger partial charge in [0.05, 0.1) is 0 Å². The SMILES string of the molecule is CC[S+](O[O-])C(C)(C)O[Si](C)(C)C. The Bertz CT molecular complexity index is 152. The molecule has 0 aliphatic heterocycles. The van der Waals surface area contributed by atoms with Gasteiger partial charge >= 0.3 is 0 Å². The summed E-state index contributed by atoms with van der Waals surface area (Å²) in [7, 11) is -1.60. The van der Waals surface area contributed by atoms with Crippen molar-refractivity contribution in [3.63, 3.8) is 0 Å². The summed E-state index contributed by atoms with van der Waals surface area (Å²) in [4.78, 5) is -0.443. The maximum atomic E-state index is 10.4. The zero-order valence-electron chi connectivity index (χ0n) is 9.34. The van der Waals surface area contributed by atoms with Crippen LogP contribution in [0.1, 0.15) is 20.8 Å². The van der Waals surface area contributed by atoms with Gasteiger partial charge in [-0.15, -0.1) is 0 Å². The van der Waals surface area contributed by atoms with Gasteiger partial charge in [-0.05, 0) is 26.6 Å². The van der Waals surface area contributed by atoms with Gasteiger partial charge in [0.15, 0.2) is 19.5 Å². The normalized spacial score (nSPS) is 15.9. The lowest BCUT2D eigenvalue weighted by Crippen LogP contribution is -2.46. The smallest absolute Gasteiger partial charge is 0.245 e. The van der Waals surface area contributed by atoms with Crippen molar-refractivity contribution in [3.05, 3.63) is 0 Å². The Morgan fingerprint density at radius 2 is 1.77 bits per heavy atom. The Morgan fingerprint density at radius 3 is 2.00 bits per heavy atom. The summed E-state index contributed by atoms with van der Waals surface area (Å²) < 4.78 is 10.1. The summed E-state index contributed by atoms with van der Waals surface area (Å²) in [5.41, 5.74) is 0. The molecule has 0 aliphatic rings. The van der Waals surface area contributed by atoms with Gasteiger partial charge < -0.3 is 9.68 Å². The first-order valence-corrected chi connectivity index (χ1v) is 9.17. The summed E-state index contributed by atoms with van der Waals surface area (Å²) in [5.74, 6) is 0.709. The third kappa shape index (κ3) is 5.02. The predicted octanol–water partition coefficient (Wildman–Crippen LogP) is 1.42. The van der Waals surface area contributed by atoms with Crippen LogP contribution in [-0.2, 0) is 19.9 Å². The van der Waals surface area contributed by atoms with Crippen LogP contribution in [0.5, 0.6) is 0 Å². The monoisotopic (exact) mass is 224 g/mol. The van der Waals surface area contributed by atoms with Gasteiger partial charge in [0.25, 0.3) is 0 Å². The molecule has 0 saturated heterocycles. The molecule has 0 fully saturated rings. The standard InChI is InChI=1S/C8H20O3SSi/c1-7-12(11-9)8(2,3)10-13(4,5)6/h7H2,1-6H3. The Hall–Kier alpha value is 0.447. The van der Waals surface area contributed by atoms with Crippen molar-refractivity contribution in [2.24, 2.45) is 0 Å². The van der Waals surface area contributed by atoms with E-state index in [1.165, 1.54) is 0 Å². The lowest BCUT2D eigenvalue weighted by atomic mass is 10.5. The van der Waals surface area contributed by atoms with Gasteiger partial charge in [-0.25, -0.2) is 4.33 Å². The van der Waals surface area contributed by atoms with Crippen LogP contribution in [0.4, 0.5) is 0 Å². The second-order valence-corrected chi connectivity index (χ2v) is 11.1. The minimum Gasteiger partial charge on any atom is -0.672 e. The highest BCUT2D eigenvalue weighted by Gasteiger charge is 2.42. The predicted molar refractivity (Wildman–Crippen MR) is 57.5 cm³/mol. The van der Waals surface area contributed by atoms with Crippen molar-refractivity contribution in [1.82, 2.24) is 0 Å². The third-order valence-electron chi connectivity index (χ3n) is 1.44. The van der Waals surface area contributed by atoms with E-state index in [0.29, 0.717) is 5.75 Å². The third-order valence-corrected chi connectivity index (χ3v) is 4.58. The lowest BCUT2D eigenvalue weighted by Gasteiger charge is -2.31. The van der Waals surface area contributed by atoms with E-state index < -0.39 is 24.4 Å². The minimum absolute atomic E-state index is 0.443. The largest absolute Gasteiger partial charge is 0.672 e. The van der Waals surface area contributed by atoms with Crippen LogP contribution in [0.15, 0.2) is 0 Å². The quantitative estimate of drug-likeness (QED) is 0.307. The molecular formula is C8H20O3SSi. The molecule has 0 N–H and O–H groups in total. The zero-order valence-corrected chi connectivity index (χ0v) is 11.2. The first-order valence-electron chi connectivity index (χ1n) is 4.44. The van der Waals surface area contributed by atoms with Crippen LogP contribution in [0.2, 0.25) is 19.6 Å². The van der Waals surface area contributed by atoms with E-state index in [1.54, 1.807) is 0 Å². The van der Waals surface area contributed by atoms with E-state index in [2.05, 4.69) is 24.0 Å². The van der Waals surface area contributed by atoms with Crippen molar-refractivity contribution in [1.29, 1.82) is 0 Å². The average Bonchev–Trinajstić information content (AvgIpc) is 1.83. The first-order chi connectivity index (χ1) is 5.73. The molecule has 0 rings (SSSR count). The Labute approximate surface area is 85.0 Å². The lowest BCUT2D eigenvalue weighted by molar-refractivity contribution is -0.633. The van der Waals surface area contributed by atoms with Gasteiger partial charge in [0.1, 0.15) is 5.75 Å². The van der Waals surface area contributed by atoms with Gasteiger partial charge in [-0.3, -0.25) is 0 Å². The van der Waals surface area contributed by atoms with E-state index in [-0.39, 0.29) is 0 Å². The second kappa shape index (κ2) is 4.79. The molecule has 0 aromatic rings. The molecule has 13 heavy (non-hydrogen) atoms. The minimum atomic E-state index is -1.60. The van der Waals surface area contributed by atoms with Crippen molar-refractivity contribution in [2.75, 3.05) is 5.75 Å². The van der Waals surface area contributed by atoms with Crippen LogP contribution >= 0.6 is 0 Å². The van der Waals surface area contributed by atoms with Gasteiger partial charge in [0, 0.05) is 13.8 Å². The van der Waals surface area contributed by atoms with E-state index in [0.717, 1.165) is 0 Å². The van der Waals surface area contributed by atoms with Crippen LogP contribution in [0.3, 0.4) is 0 Å². The van der Waals surface area contributed by atoms with E-state index >= 15 is 0 Å². The summed E-state index contributed by atoms with van der Waals surface area (Å²) in [6.45, 7) is 12.1. The molecule has 0 aromatic carbocycles. The van der Waals surface area contributed by atoms with Crippen LogP contribution in [0.25, 0.3) is 0 Å². The Balaban J connectivity index is 4.36. The molecule has 0 bridgehead atoms. The van der Waals surface area contributed by atoms with Crippen LogP contribution in [0, 0.1) is 0 Å². The van der Waals surface area contributed by atoms with Gasteiger partial charge in [-0.2, -0.15) is 0 Å². The van der Waals surface area contributed by atoms with Crippen molar-refractivity contribution in [2.45, 2.75) is 45.3 Å². The van der Waals surface area contributed by atoms with Gasteiger partial charge in [0.2, 0.25) is 4.93 Å². The highest BCUT2D eigenvalue weighted by molar-refractivity contribution is 7.93. The molecule has 80 valence electrons. The molecule has 5 heteroatoms. The zero-order chi connectivity index (χ0) is 10.7. The topological polar surface area (TPSA) is 41.5 Å². The number of rotatable bonds is 5. The number of hydrogen-bond donors (Lipinski definition) is 0. The summed E-state index contributed by atoms with van der Waals surface area (Å²) in [6.07, 6.45) is 0. The molecule has 0 heterocycles. The number of hydrogen-bond acceptors (Lipinski definition) is 3. The maximum Gasteiger partial charge on any atom is 0.245 e. The van der Waals surface area contributed by atoms with Crippen LogP contribution in [-0.4, -0.2) is 19.0 Å². The highest BCUT2D eigenvalue weighted by Crippen LogP contribution is 2.25. The Kier molecular flexibility index (Phi) is 4.96. The second-order valence-electron chi connectivity index (χ2n) is 4.32. The molecule has 0 aromatic heterocycles. The molecule has 1 unspecified atom stereocenters. The fourth-order valence-electron chi connectivity index (χ4n) is 1.26. The van der Waals surface area contributed by atoms with Crippen molar-refractivity contribution >= 4 is 19.5 Å². The molecule has 0 aliphatic carbocycles. The molecule has 0 spiro atoms. The summed E-state index contributed by atoms with van der Waals surface area (Å²) in [6, 6.07) is 0. The molecule has 3 nitrogen and oxygen atoms in total. The fraction of sp³-hybridized carbons (Fsp3) is 1.00. The van der Waals surface area contributed by atoms with Crippen LogP contribution < -0.4 is 5.26 Å².